The van der Waals surface area contributed by atoms with Crippen LogP contribution < -0.4 is 5.32 Å². The van der Waals surface area contributed by atoms with E-state index in [1.807, 2.05) is 0 Å². The lowest BCUT2D eigenvalue weighted by Gasteiger charge is -2.22. The van der Waals surface area contributed by atoms with E-state index in [2.05, 4.69) is 42.6 Å². The van der Waals surface area contributed by atoms with Crippen molar-refractivity contribution in [3.63, 3.8) is 0 Å². The van der Waals surface area contributed by atoms with E-state index in [0.29, 0.717) is 6.04 Å². The highest BCUT2D eigenvalue weighted by Gasteiger charge is 2.29. The van der Waals surface area contributed by atoms with Crippen LogP contribution in [0.2, 0.25) is 0 Å². The molecule has 1 unspecified atom stereocenters. The molecule has 1 aromatic rings. The Bertz CT molecular complexity index is 390. The molecule has 3 nitrogen and oxygen atoms in total. The molecule has 1 aliphatic rings. The van der Waals surface area contributed by atoms with E-state index in [-0.39, 0.29) is 5.41 Å². The fourth-order valence-corrected chi connectivity index (χ4v) is 3.37. The van der Waals surface area contributed by atoms with Crippen LogP contribution in [-0.2, 0) is 5.41 Å². The summed E-state index contributed by atoms with van der Waals surface area (Å²) in [7, 11) is 0. The molecule has 2 rings (SSSR count). The van der Waals surface area contributed by atoms with Crippen LogP contribution >= 0.6 is 11.5 Å². The summed E-state index contributed by atoms with van der Waals surface area (Å²) in [5, 5.41) is 8.09. The van der Waals surface area contributed by atoms with Crippen molar-refractivity contribution in [1.82, 2.24) is 14.9 Å². The number of hydrogen-bond acceptors (Lipinski definition) is 4. The van der Waals surface area contributed by atoms with Crippen molar-refractivity contribution in [2.45, 2.75) is 71.3 Å². The van der Waals surface area contributed by atoms with Gasteiger partial charge in [-0.1, -0.05) is 45.0 Å². The second kappa shape index (κ2) is 6.31. The Kier molecular flexibility index (Phi) is 4.96. The fraction of sp³-hybridized carbons (Fsp3) is 0.867. The molecule has 1 aliphatic carbocycles. The first-order valence-electron chi connectivity index (χ1n) is 7.58. The average Bonchev–Trinajstić information content (AvgIpc) is 3.02. The monoisotopic (exact) mass is 281 g/mol. The van der Waals surface area contributed by atoms with Crippen molar-refractivity contribution < 1.29 is 0 Å². The van der Waals surface area contributed by atoms with Gasteiger partial charge in [0.2, 0.25) is 0 Å². The molecule has 0 bridgehead atoms. The van der Waals surface area contributed by atoms with E-state index in [1.165, 1.54) is 42.7 Å². The molecule has 19 heavy (non-hydrogen) atoms. The van der Waals surface area contributed by atoms with E-state index >= 15 is 0 Å². The van der Waals surface area contributed by atoms with Gasteiger partial charge in [-0.25, -0.2) is 0 Å². The van der Waals surface area contributed by atoms with Crippen LogP contribution in [0.15, 0.2) is 0 Å². The van der Waals surface area contributed by atoms with Crippen LogP contribution in [0.4, 0.5) is 0 Å². The second-order valence-electron chi connectivity index (χ2n) is 6.76. The number of rotatable bonds is 7. The first kappa shape index (κ1) is 14.9. The summed E-state index contributed by atoms with van der Waals surface area (Å²) >= 11 is 1.58. The fourth-order valence-electron chi connectivity index (χ4n) is 2.40. The lowest BCUT2D eigenvalue weighted by molar-refractivity contribution is 0.460. The Hall–Kier alpha value is -0.480. The zero-order valence-electron chi connectivity index (χ0n) is 12.7. The zero-order valence-corrected chi connectivity index (χ0v) is 13.5. The molecule has 1 atom stereocenters. The van der Waals surface area contributed by atoms with Gasteiger partial charge >= 0.3 is 0 Å². The summed E-state index contributed by atoms with van der Waals surface area (Å²) in [5.41, 5.74) is 1.27. The van der Waals surface area contributed by atoms with Gasteiger partial charge in [0.05, 0.1) is 10.6 Å². The van der Waals surface area contributed by atoms with E-state index in [4.69, 9.17) is 0 Å². The maximum absolute atomic E-state index is 4.39. The van der Waals surface area contributed by atoms with E-state index < -0.39 is 0 Å². The molecular formula is C15H27N3S. The van der Waals surface area contributed by atoms with Crippen molar-refractivity contribution in [3.8, 4) is 0 Å². The van der Waals surface area contributed by atoms with Gasteiger partial charge in [0.15, 0.2) is 0 Å². The Morgan fingerprint density at radius 1 is 1.37 bits per heavy atom. The summed E-state index contributed by atoms with van der Waals surface area (Å²) in [4.78, 5) is 1.36. The standard InChI is InChI=1S/C15H27N3S/c1-5-10-16-12(9-8-11-6-7-11)13-14(15(2,3)4)17-18-19-13/h11-12,16H,5-10H2,1-4H3. The highest BCUT2D eigenvalue weighted by Crippen LogP contribution is 2.38. The summed E-state index contributed by atoms with van der Waals surface area (Å²) < 4.78 is 4.21. The molecule has 1 aromatic heterocycles. The first-order chi connectivity index (χ1) is 9.02. The minimum absolute atomic E-state index is 0.0913. The van der Waals surface area contributed by atoms with Crippen LogP contribution in [0.3, 0.4) is 0 Å². The van der Waals surface area contributed by atoms with Crippen LogP contribution in [0.5, 0.6) is 0 Å². The SMILES string of the molecule is CCCNC(CCC1CC1)c1snnc1C(C)(C)C. The minimum Gasteiger partial charge on any atom is -0.309 e. The zero-order chi connectivity index (χ0) is 13.9. The molecule has 0 radical (unpaired) electrons. The number of nitrogens with zero attached hydrogens (tertiary/aromatic N) is 2. The molecule has 0 aliphatic heterocycles. The van der Waals surface area contributed by atoms with Crippen molar-refractivity contribution in [2.24, 2.45) is 5.92 Å². The minimum atomic E-state index is 0.0913. The Labute approximate surface area is 121 Å². The predicted molar refractivity (Wildman–Crippen MR) is 81.6 cm³/mol. The molecule has 0 spiro atoms. The normalized spacial score (nSPS) is 17.7. The van der Waals surface area contributed by atoms with Gasteiger partial charge in [-0.05, 0) is 43.3 Å². The Morgan fingerprint density at radius 3 is 2.68 bits per heavy atom. The third kappa shape index (κ3) is 4.25. The third-order valence-electron chi connectivity index (χ3n) is 3.74. The van der Waals surface area contributed by atoms with Crippen LogP contribution in [-0.4, -0.2) is 16.1 Å². The van der Waals surface area contributed by atoms with Gasteiger partial charge in [-0.3, -0.25) is 0 Å². The van der Waals surface area contributed by atoms with Crippen LogP contribution in [0.25, 0.3) is 0 Å². The summed E-state index contributed by atoms with van der Waals surface area (Å²) in [6.45, 7) is 9.98. The van der Waals surface area contributed by atoms with Gasteiger partial charge in [-0.15, -0.1) is 5.10 Å². The summed E-state index contributed by atoms with van der Waals surface area (Å²) in [6.07, 6.45) is 6.64. The van der Waals surface area contributed by atoms with Crippen molar-refractivity contribution in [2.75, 3.05) is 6.54 Å². The topological polar surface area (TPSA) is 37.8 Å². The number of aromatic nitrogens is 2. The molecule has 1 saturated carbocycles. The Balaban J connectivity index is 2.08. The highest BCUT2D eigenvalue weighted by atomic mass is 32.1. The highest BCUT2D eigenvalue weighted by molar-refractivity contribution is 7.05. The van der Waals surface area contributed by atoms with E-state index in [0.717, 1.165) is 12.5 Å². The van der Waals surface area contributed by atoms with Gasteiger partial charge < -0.3 is 5.32 Å². The molecule has 4 heteroatoms. The molecule has 0 amide bonds. The van der Waals surface area contributed by atoms with Crippen molar-refractivity contribution >= 4 is 11.5 Å². The average molecular weight is 281 g/mol. The number of nitrogens with one attached hydrogen (secondary N) is 1. The molecule has 1 N–H and O–H groups in total. The van der Waals surface area contributed by atoms with Crippen molar-refractivity contribution in [1.29, 1.82) is 0 Å². The van der Waals surface area contributed by atoms with Crippen LogP contribution in [0.1, 0.15) is 76.4 Å². The maximum Gasteiger partial charge on any atom is 0.0857 e. The third-order valence-corrected chi connectivity index (χ3v) is 4.58. The predicted octanol–water partition coefficient (Wildman–Crippen LogP) is 4.07. The van der Waals surface area contributed by atoms with Crippen molar-refractivity contribution in [3.05, 3.63) is 10.6 Å². The molecule has 0 aromatic carbocycles. The molecule has 0 saturated heterocycles. The Morgan fingerprint density at radius 2 is 2.11 bits per heavy atom. The van der Waals surface area contributed by atoms with Gasteiger partial charge in [0.1, 0.15) is 0 Å². The molecule has 1 fully saturated rings. The lowest BCUT2D eigenvalue weighted by Crippen LogP contribution is -2.25. The summed E-state index contributed by atoms with van der Waals surface area (Å²) in [5.74, 6) is 0.991. The maximum atomic E-state index is 4.39. The van der Waals surface area contributed by atoms with E-state index in [1.54, 1.807) is 11.5 Å². The first-order valence-corrected chi connectivity index (χ1v) is 8.35. The summed E-state index contributed by atoms with van der Waals surface area (Å²) in [6, 6.07) is 0.453. The van der Waals surface area contributed by atoms with Gasteiger partial charge in [0, 0.05) is 11.5 Å². The van der Waals surface area contributed by atoms with Gasteiger partial charge in [0.25, 0.3) is 0 Å². The smallest absolute Gasteiger partial charge is 0.0857 e. The molecular weight excluding hydrogens is 254 g/mol. The van der Waals surface area contributed by atoms with E-state index in [9.17, 15) is 0 Å². The molecule has 1 heterocycles. The van der Waals surface area contributed by atoms with Gasteiger partial charge in [-0.2, -0.15) is 0 Å². The second-order valence-corrected chi connectivity index (χ2v) is 7.55. The largest absolute Gasteiger partial charge is 0.309 e. The number of hydrogen-bond donors (Lipinski definition) is 1. The quantitative estimate of drug-likeness (QED) is 0.819. The van der Waals surface area contributed by atoms with Crippen LogP contribution in [0, 0.1) is 5.92 Å². The molecule has 108 valence electrons. The lowest BCUT2D eigenvalue weighted by atomic mass is 9.89.